The Hall–Kier alpha value is -3.30. The van der Waals surface area contributed by atoms with Crippen molar-refractivity contribution in [3.05, 3.63) is 68.4 Å². The van der Waals surface area contributed by atoms with Crippen molar-refractivity contribution in [3.8, 4) is 11.4 Å². The minimum Gasteiger partial charge on any atom is -0.477 e. The molecule has 2 heterocycles. The second-order valence-corrected chi connectivity index (χ2v) is 7.98. The molecule has 0 radical (unpaired) electrons. The van der Waals surface area contributed by atoms with Crippen molar-refractivity contribution in [1.82, 2.24) is 24.3 Å². The molecule has 30 heavy (non-hydrogen) atoms. The van der Waals surface area contributed by atoms with Crippen molar-refractivity contribution >= 4 is 46.4 Å². The maximum Gasteiger partial charge on any atom is 0.342 e. The van der Waals surface area contributed by atoms with Crippen LogP contribution in [-0.2, 0) is 18.9 Å². The molecule has 0 aliphatic carbocycles. The number of carbonyl (C=O) groups is 1. The first-order valence-corrected chi connectivity index (χ1v) is 9.99. The Bertz CT molecular complexity index is 1350. The number of aryl methyl sites for hydroxylation is 2. The molecule has 2 aromatic heterocycles. The van der Waals surface area contributed by atoms with Crippen LogP contribution >= 0.6 is 23.4 Å². The van der Waals surface area contributed by atoms with E-state index in [1.807, 2.05) is 0 Å². The highest BCUT2D eigenvalue weighted by atomic mass is 35.5. The molecule has 0 amide bonds. The number of hydrogen-bond acceptors (Lipinski definition) is 5. The lowest BCUT2D eigenvalue weighted by Crippen LogP contribution is -2.19. The van der Waals surface area contributed by atoms with Gasteiger partial charge in [0.15, 0.2) is 5.82 Å². The first-order valence-electron chi connectivity index (χ1n) is 8.80. The van der Waals surface area contributed by atoms with Gasteiger partial charge in [0.1, 0.15) is 4.91 Å². The van der Waals surface area contributed by atoms with Crippen LogP contribution in [0, 0.1) is 0 Å². The average Bonchev–Trinajstić information content (AvgIpc) is 3.27. The molecule has 0 bridgehead atoms. The molecule has 2 N–H and O–H groups in total. The van der Waals surface area contributed by atoms with Gasteiger partial charge in [0.2, 0.25) is 5.16 Å². The van der Waals surface area contributed by atoms with E-state index in [0.29, 0.717) is 21.9 Å². The van der Waals surface area contributed by atoms with E-state index in [0.717, 1.165) is 22.8 Å². The molecule has 0 saturated carbocycles. The van der Waals surface area contributed by atoms with Crippen molar-refractivity contribution in [2.45, 2.75) is 5.16 Å². The predicted molar refractivity (Wildman–Crippen MR) is 116 cm³/mol. The fourth-order valence-electron chi connectivity index (χ4n) is 3.03. The van der Waals surface area contributed by atoms with Crippen LogP contribution in [0.1, 0.15) is 5.56 Å². The van der Waals surface area contributed by atoms with Gasteiger partial charge in [0.25, 0.3) is 0 Å². The number of aliphatic carboxylic acids is 1. The largest absolute Gasteiger partial charge is 0.477 e. The van der Waals surface area contributed by atoms with Crippen molar-refractivity contribution < 1.29 is 9.90 Å². The summed E-state index contributed by atoms with van der Waals surface area (Å²) < 4.78 is 3.07. The zero-order valence-electron chi connectivity index (χ0n) is 16.0. The molecule has 8 nitrogen and oxygen atoms in total. The molecule has 152 valence electrons. The van der Waals surface area contributed by atoms with Gasteiger partial charge in [-0.1, -0.05) is 17.7 Å². The molecule has 0 saturated heterocycles. The SMILES string of the molecule is Cn1c(=O)n(C)c2cc(/C=C(\Sc3n[nH]c(-c4ccc(Cl)cc4)n3)C(=O)O)ccc21. The lowest BCUT2D eigenvalue weighted by molar-refractivity contribution is -0.131. The number of nitrogens with zero attached hydrogens (tertiary/aromatic N) is 4. The van der Waals surface area contributed by atoms with Crippen molar-refractivity contribution in [1.29, 1.82) is 0 Å². The molecule has 0 atom stereocenters. The lowest BCUT2D eigenvalue weighted by atomic mass is 10.2. The number of aromatic nitrogens is 5. The van der Waals surface area contributed by atoms with Crippen molar-refractivity contribution in [2.24, 2.45) is 14.1 Å². The van der Waals surface area contributed by atoms with Crippen LogP contribution in [0.3, 0.4) is 0 Å². The highest BCUT2D eigenvalue weighted by Crippen LogP contribution is 2.28. The molecule has 4 rings (SSSR count). The Morgan fingerprint density at radius 1 is 1.13 bits per heavy atom. The van der Waals surface area contributed by atoms with Gasteiger partial charge in [-0.3, -0.25) is 14.2 Å². The van der Waals surface area contributed by atoms with Crippen molar-refractivity contribution in [2.75, 3.05) is 0 Å². The smallest absolute Gasteiger partial charge is 0.342 e. The number of H-pyrrole nitrogens is 1. The number of benzene rings is 2. The highest BCUT2D eigenvalue weighted by Gasteiger charge is 2.15. The summed E-state index contributed by atoms with van der Waals surface area (Å²) in [7, 11) is 3.37. The molecular weight excluding hydrogens is 426 g/mol. The number of halogens is 1. The Balaban J connectivity index is 1.65. The summed E-state index contributed by atoms with van der Waals surface area (Å²) in [5.41, 5.74) is 2.78. The molecule has 0 aliphatic rings. The van der Waals surface area contributed by atoms with Gasteiger partial charge >= 0.3 is 11.7 Å². The third kappa shape index (κ3) is 3.77. The fourth-order valence-corrected chi connectivity index (χ4v) is 3.86. The number of aromatic amines is 1. The number of rotatable bonds is 5. The Kier molecular flexibility index (Phi) is 5.23. The number of carboxylic acid groups (broad SMARTS) is 1. The number of imidazole rings is 1. The summed E-state index contributed by atoms with van der Waals surface area (Å²) in [6, 6.07) is 12.4. The molecule has 2 aromatic carbocycles. The minimum absolute atomic E-state index is 0.0527. The molecule has 4 aromatic rings. The van der Waals surface area contributed by atoms with Gasteiger partial charge in [-0.05, 0) is 59.8 Å². The molecule has 0 unspecified atom stereocenters. The number of thioether (sulfide) groups is 1. The molecular formula is C20H16ClN5O3S. The van der Waals surface area contributed by atoms with Gasteiger partial charge in [0, 0.05) is 24.7 Å². The summed E-state index contributed by atoms with van der Waals surface area (Å²) in [5, 5.41) is 17.4. The maximum absolute atomic E-state index is 12.1. The fraction of sp³-hybridized carbons (Fsp3) is 0.100. The quantitative estimate of drug-likeness (QED) is 0.362. The van der Waals surface area contributed by atoms with E-state index < -0.39 is 5.97 Å². The predicted octanol–water partition coefficient (Wildman–Crippen LogP) is 3.53. The van der Waals surface area contributed by atoms with E-state index in [1.54, 1.807) is 61.1 Å². The molecule has 10 heteroatoms. The summed E-state index contributed by atoms with van der Waals surface area (Å²) >= 11 is 6.83. The van der Waals surface area contributed by atoms with E-state index in [4.69, 9.17) is 11.6 Å². The number of carboxylic acids is 1. The summed E-state index contributed by atoms with van der Waals surface area (Å²) in [4.78, 5) is 28.3. The second-order valence-electron chi connectivity index (χ2n) is 6.54. The van der Waals surface area contributed by atoms with Crippen LogP contribution < -0.4 is 5.69 Å². The van der Waals surface area contributed by atoms with E-state index >= 15 is 0 Å². The zero-order chi connectivity index (χ0) is 21.4. The Morgan fingerprint density at radius 3 is 2.53 bits per heavy atom. The molecule has 0 fully saturated rings. The van der Waals surface area contributed by atoms with Crippen LogP contribution in [0.5, 0.6) is 0 Å². The van der Waals surface area contributed by atoms with E-state index in [9.17, 15) is 14.7 Å². The number of fused-ring (bicyclic) bond motifs is 1. The second kappa shape index (κ2) is 7.85. The number of nitrogens with one attached hydrogen (secondary N) is 1. The van der Waals surface area contributed by atoms with Gasteiger partial charge in [-0.2, -0.15) is 0 Å². The normalized spacial score (nSPS) is 11.9. The maximum atomic E-state index is 12.1. The third-order valence-electron chi connectivity index (χ3n) is 4.59. The van der Waals surface area contributed by atoms with E-state index in [-0.39, 0.29) is 15.8 Å². The van der Waals surface area contributed by atoms with Crippen molar-refractivity contribution in [3.63, 3.8) is 0 Å². The standard InChI is InChI=1S/C20H16ClN5O3S/c1-25-14-8-3-11(9-15(14)26(2)20(25)29)10-16(18(27)28)30-19-22-17(23-24-19)12-4-6-13(21)7-5-12/h3-10H,1-2H3,(H,27,28)(H,22,23,24)/b16-10-. The highest BCUT2D eigenvalue weighted by molar-refractivity contribution is 8.04. The van der Waals surface area contributed by atoms with Crippen LogP contribution in [0.2, 0.25) is 5.02 Å². The van der Waals surface area contributed by atoms with Crippen LogP contribution in [0.15, 0.2) is 57.3 Å². The summed E-state index contributed by atoms with van der Waals surface area (Å²) in [6.07, 6.45) is 1.53. The van der Waals surface area contributed by atoms with E-state index in [1.165, 1.54) is 10.6 Å². The van der Waals surface area contributed by atoms with Gasteiger partial charge in [0.05, 0.1) is 11.0 Å². The van der Waals surface area contributed by atoms with Gasteiger partial charge in [-0.15, -0.1) is 5.10 Å². The molecule has 0 aliphatic heterocycles. The first kappa shape index (κ1) is 20.0. The minimum atomic E-state index is -1.10. The van der Waals surface area contributed by atoms with Gasteiger partial charge in [-0.25, -0.2) is 14.6 Å². The Morgan fingerprint density at radius 2 is 1.83 bits per heavy atom. The van der Waals surface area contributed by atoms with Crippen LogP contribution in [0.25, 0.3) is 28.5 Å². The lowest BCUT2D eigenvalue weighted by Gasteiger charge is -2.01. The van der Waals surface area contributed by atoms with Crippen LogP contribution in [0.4, 0.5) is 0 Å². The Labute approximate surface area is 179 Å². The van der Waals surface area contributed by atoms with E-state index in [2.05, 4.69) is 15.2 Å². The van der Waals surface area contributed by atoms with Crippen LogP contribution in [-0.4, -0.2) is 35.4 Å². The monoisotopic (exact) mass is 441 g/mol. The third-order valence-corrected chi connectivity index (χ3v) is 5.72. The summed E-state index contributed by atoms with van der Waals surface area (Å²) in [5.74, 6) is -0.584. The molecule has 0 spiro atoms. The topological polar surface area (TPSA) is 106 Å². The average molecular weight is 442 g/mol. The summed E-state index contributed by atoms with van der Waals surface area (Å²) in [6.45, 7) is 0. The zero-order valence-corrected chi connectivity index (χ0v) is 17.5. The number of hydrogen-bond donors (Lipinski definition) is 2. The van der Waals surface area contributed by atoms with Gasteiger partial charge < -0.3 is 5.11 Å². The first-order chi connectivity index (χ1) is 14.3.